The molecule has 2 N–H and O–H groups in total. The SMILES string of the molecule is CCC[C@H]1C(=O)N[C@](C(=O)OCC[Si](C)(C)C)([C@@H](O)C2CCCCC2)[C@]12CO2. The van der Waals surface area contributed by atoms with Crippen LogP contribution in [-0.2, 0) is 19.1 Å². The summed E-state index contributed by atoms with van der Waals surface area (Å²) in [6.45, 7) is 9.36. The fourth-order valence-electron chi connectivity index (χ4n) is 5.07. The Balaban J connectivity index is 1.88. The lowest BCUT2D eigenvalue weighted by atomic mass is 9.69. The van der Waals surface area contributed by atoms with Gasteiger partial charge in [-0.25, -0.2) is 4.79 Å². The number of carbonyl (C=O) groups is 2. The first-order valence-corrected chi connectivity index (χ1v) is 14.7. The average Bonchev–Trinajstić information content (AvgIpc) is 3.40. The van der Waals surface area contributed by atoms with E-state index in [2.05, 4.69) is 25.0 Å². The lowest BCUT2D eigenvalue weighted by molar-refractivity contribution is -0.163. The Morgan fingerprint density at radius 1 is 1.32 bits per heavy atom. The summed E-state index contributed by atoms with van der Waals surface area (Å²) < 4.78 is 11.6. The lowest BCUT2D eigenvalue weighted by Crippen LogP contribution is -2.68. The summed E-state index contributed by atoms with van der Waals surface area (Å²) in [5.41, 5.74) is -2.42. The fourth-order valence-corrected chi connectivity index (χ4v) is 5.78. The molecule has 3 fully saturated rings. The second-order valence-electron chi connectivity index (χ2n) is 10.1. The van der Waals surface area contributed by atoms with Crippen LogP contribution in [-0.4, -0.2) is 55.5 Å². The van der Waals surface area contributed by atoms with Gasteiger partial charge in [0.2, 0.25) is 5.91 Å². The first kappa shape index (κ1) is 21.8. The van der Waals surface area contributed by atoms with Crippen LogP contribution in [0, 0.1) is 11.8 Å². The van der Waals surface area contributed by atoms with Crippen LogP contribution in [0.3, 0.4) is 0 Å². The number of amides is 1. The minimum atomic E-state index is -1.47. The van der Waals surface area contributed by atoms with Crippen LogP contribution in [0.5, 0.6) is 0 Å². The van der Waals surface area contributed by atoms with Crippen LogP contribution in [0.15, 0.2) is 0 Å². The van der Waals surface area contributed by atoms with Crippen molar-refractivity contribution in [2.75, 3.05) is 13.2 Å². The second kappa shape index (κ2) is 8.07. The minimum absolute atomic E-state index is 0.0138. The third-order valence-corrected chi connectivity index (χ3v) is 8.55. The summed E-state index contributed by atoms with van der Waals surface area (Å²) in [5, 5.41) is 14.4. The monoisotopic (exact) mass is 411 g/mol. The van der Waals surface area contributed by atoms with Crippen molar-refractivity contribution >= 4 is 20.0 Å². The molecule has 1 aliphatic carbocycles. The Kier molecular flexibility index (Phi) is 6.28. The fraction of sp³-hybridized carbons (Fsp3) is 0.905. The third kappa shape index (κ3) is 3.77. The highest BCUT2D eigenvalue weighted by Crippen LogP contribution is 2.54. The topological polar surface area (TPSA) is 88.2 Å². The Morgan fingerprint density at radius 3 is 2.50 bits per heavy atom. The van der Waals surface area contributed by atoms with E-state index in [1.165, 1.54) is 0 Å². The molecule has 1 amide bonds. The quantitative estimate of drug-likeness (QED) is 0.364. The summed E-state index contributed by atoms with van der Waals surface area (Å²) in [6, 6.07) is 0.856. The zero-order valence-corrected chi connectivity index (χ0v) is 18.9. The maximum atomic E-state index is 13.4. The van der Waals surface area contributed by atoms with Crippen LogP contribution in [0.2, 0.25) is 25.7 Å². The van der Waals surface area contributed by atoms with Gasteiger partial charge in [-0.05, 0) is 31.2 Å². The number of nitrogens with one attached hydrogen (secondary N) is 1. The van der Waals surface area contributed by atoms with E-state index in [-0.39, 0.29) is 11.8 Å². The molecule has 0 bridgehead atoms. The van der Waals surface area contributed by atoms with Gasteiger partial charge in [-0.2, -0.15) is 0 Å². The number of rotatable bonds is 8. The van der Waals surface area contributed by atoms with Crippen molar-refractivity contribution in [2.24, 2.45) is 11.8 Å². The average molecular weight is 412 g/mol. The Labute approximate surface area is 169 Å². The molecular weight excluding hydrogens is 374 g/mol. The summed E-state index contributed by atoms with van der Waals surface area (Å²) in [4.78, 5) is 26.3. The van der Waals surface area contributed by atoms with E-state index in [0.29, 0.717) is 19.6 Å². The van der Waals surface area contributed by atoms with Crippen molar-refractivity contribution in [3.8, 4) is 0 Å². The summed E-state index contributed by atoms with van der Waals surface area (Å²) in [6.07, 6.45) is 5.48. The molecule has 2 heterocycles. The number of ether oxygens (including phenoxy) is 2. The number of hydrogen-bond acceptors (Lipinski definition) is 5. The molecule has 0 unspecified atom stereocenters. The number of aliphatic hydroxyl groups excluding tert-OH is 1. The Hall–Kier alpha value is -0.923. The largest absolute Gasteiger partial charge is 0.464 e. The molecule has 0 radical (unpaired) electrons. The van der Waals surface area contributed by atoms with E-state index >= 15 is 0 Å². The summed E-state index contributed by atoms with van der Waals surface area (Å²) in [7, 11) is -1.37. The van der Waals surface area contributed by atoms with Gasteiger partial charge in [0.15, 0.2) is 5.54 Å². The van der Waals surface area contributed by atoms with Crippen molar-refractivity contribution in [1.29, 1.82) is 0 Å². The smallest absolute Gasteiger partial charge is 0.337 e. The number of epoxide rings is 1. The predicted molar refractivity (Wildman–Crippen MR) is 110 cm³/mol. The molecule has 7 heteroatoms. The standard InChI is InChI=1S/C21H37NO5Si/c1-5-9-16-18(24)22-21(20(16)14-27-20,17(23)15-10-7-6-8-11-15)19(25)26-12-13-28(2,3)4/h15-17,23H,5-14H2,1-4H3,(H,22,24)/t16-,17-,20-,21-/m0/s1. The van der Waals surface area contributed by atoms with E-state index in [4.69, 9.17) is 9.47 Å². The van der Waals surface area contributed by atoms with Crippen molar-refractivity contribution in [3.05, 3.63) is 0 Å². The third-order valence-electron chi connectivity index (χ3n) is 6.85. The van der Waals surface area contributed by atoms with E-state index in [0.717, 1.165) is 44.6 Å². The highest BCUT2D eigenvalue weighted by Gasteiger charge is 2.79. The summed E-state index contributed by atoms with van der Waals surface area (Å²) in [5.74, 6) is -1.11. The maximum absolute atomic E-state index is 13.4. The van der Waals surface area contributed by atoms with Crippen molar-refractivity contribution < 1.29 is 24.2 Å². The van der Waals surface area contributed by atoms with Crippen LogP contribution in [0.1, 0.15) is 51.9 Å². The van der Waals surface area contributed by atoms with Gasteiger partial charge in [0.25, 0.3) is 0 Å². The molecule has 0 aromatic rings. The molecule has 6 nitrogen and oxygen atoms in total. The molecule has 0 aromatic carbocycles. The van der Waals surface area contributed by atoms with Gasteiger partial charge in [-0.3, -0.25) is 4.79 Å². The van der Waals surface area contributed by atoms with Gasteiger partial charge in [-0.1, -0.05) is 52.2 Å². The molecule has 0 aromatic heterocycles. The molecule has 4 atom stereocenters. The Morgan fingerprint density at radius 2 is 1.96 bits per heavy atom. The number of esters is 1. The molecule has 3 rings (SSSR count). The minimum Gasteiger partial charge on any atom is -0.464 e. The van der Waals surface area contributed by atoms with Crippen LogP contribution < -0.4 is 5.32 Å². The number of hydrogen-bond donors (Lipinski definition) is 2. The van der Waals surface area contributed by atoms with Crippen LogP contribution in [0.25, 0.3) is 0 Å². The van der Waals surface area contributed by atoms with Gasteiger partial charge in [-0.15, -0.1) is 0 Å². The molecule has 2 saturated heterocycles. The molecule has 28 heavy (non-hydrogen) atoms. The zero-order valence-electron chi connectivity index (χ0n) is 17.9. The predicted octanol–water partition coefficient (Wildman–Crippen LogP) is 2.86. The molecule has 160 valence electrons. The van der Waals surface area contributed by atoms with E-state index in [9.17, 15) is 14.7 Å². The molecule has 3 aliphatic rings. The number of aliphatic hydroxyl groups is 1. The van der Waals surface area contributed by atoms with Gasteiger partial charge < -0.3 is 19.9 Å². The van der Waals surface area contributed by atoms with E-state index in [1.54, 1.807) is 0 Å². The van der Waals surface area contributed by atoms with Gasteiger partial charge >= 0.3 is 5.97 Å². The van der Waals surface area contributed by atoms with E-state index in [1.807, 2.05) is 6.92 Å². The molecular formula is C21H37NO5Si. The van der Waals surface area contributed by atoms with Gasteiger partial charge in [0, 0.05) is 8.07 Å². The van der Waals surface area contributed by atoms with Crippen molar-refractivity contribution in [3.63, 3.8) is 0 Å². The zero-order chi connectivity index (χ0) is 20.6. The van der Waals surface area contributed by atoms with Crippen molar-refractivity contribution in [2.45, 2.75) is 94.8 Å². The van der Waals surface area contributed by atoms with E-state index < -0.39 is 37.2 Å². The normalized spacial score (nSPS) is 34.3. The first-order valence-electron chi connectivity index (χ1n) is 11.0. The maximum Gasteiger partial charge on any atom is 0.337 e. The highest BCUT2D eigenvalue weighted by atomic mass is 28.3. The lowest BCUT2D eigenvalue weighted by Gasteiger charge is -2.41. The van der Waals surface area contributed by atoms with Crippen LogP contribution >= 0.6 is 0 Å². The van der Waals surface area contributed by atoms with Crippen LogP contribution in [0.4, 0.5) is 0 Å². The van der Waals surface area contributed by atoms with Crippen molar-refractivity contribution in [1.82, 2.24) is 5.32 Å². The summed E-state index contributed by atoms with van der Waals surface area (Å²) >= 11 is 0. The number of carbonyl (C=O) groups excluding carboxylic acids is 2. The van der Waals surface area contributed by atoms with Gasteiger partial charge in [0.05, 0.1) is 25.2 Å². The molecule has 1 saturated carbocycles. The Bertz CT molecular complexity index is 594. The molecule has 1 spiro atoms. The molecule has 2 aliphatic heterocycles. The first-order chi connectivity index (χ1) is 13.2. The second-order valence-corrected chi connectivity index (χ2v) is 15.7. The highest BCUT2D eigenvalue weighted by molar-refractivity contribution is 6.76. The van der Waals surface area contributed by atoms with Gasteiger partial charge in [0.1, 0.15) is 5.60 Å².